The van der Waals surface area contributed by atoms with Crippen molar-refractivity contribution in [3.05, 3.63) is 64.7 Å². The maximum atomic E-state index is 13.2. The lowest BCUT2D eigenvalue weighted by Crippen LogP contribution is -2.03. The summed E-state index contributed by atoms with van der Waals surface area (Å²) in [7, 11) is 1.55. The zero-order valence-electron chi connectivity index (χ0n) is 10.7. The zero-order chi connectivity index (χ0) is 14.0. The molecular weight excluding hydrogens is 250 g/mol. The fourth-order valence-corrected chi connectivity index (χ4v) is 1.99. The van der Waals surface area contributed by atoms with Gasteiger partial charge in [0.1, 0.15) is 23.5 Å². The van der Waals surface area contributed by atoms with Gasteiger partial charge in [-0.2, -0.15) is 0 Å². The zero-order valence-corrected chi connectivity index (χ0v) is 10.7. The van der Waals surface area contributed by atoms with Crippen LogP contribution in [0.1, 0.15) is 22.8 Å². The second kappa shape index (κ2) is 5.36. The molecule has 0 amide bonds. The molecule has 2 nitrogen and oxygen atoms in total. The van der Waals surface area contributed by atoms with Crippen LogP contribution in [0.3, 0.4) is 0 Å². The maximum absolute atomic E-state index is 13.2. The third-order valence-electron chi connectivity index (χ3n) is 2.97. The minimum Gasteiger partial charge on any atom is -0.497 e. The van der Waals surface area contributed by atoms with Gasteiger partial charge < -0.3 is 9.84 Å². The molecule has 0 radical (unpaired) electrons. The Bertz CT molecular complexity index is 576. The van der Waals surface area contributed by atoms with E-state index in [2.05, 4.69) is 0 Å². The summed E-state index contributed by atoms with van der Waals surface area (Å²) < 4.78 is 31.4. The topological polar surface area (TPSA) is 29.5 Å². The number of hydrogen-bond acceptors (Lipinski definition) is 2. The van der Waals surface area contributed by atoms with Gasteiger partial charge in [-0.3, -0.25) is 0 Å². The summed E-state index contributed by atoms with van der Waals surface area (Å²) in [6.07, 6.45) is -1.07. The van der Waals surface area contributed by atoms with Gasteiger partial charge in [-0.05, 0) is 47.9 Å². The normalized spacial score (nSPS) is 12.3. The molecule has 1 unspecified atom stereocenters. The molecule has 0 spiro atoms. The number of ether oxygens (including phenoxy) is 1. The Morgan fingerprint density at radius 3 is 2.21 bits per heavy atom. The van der Waals surface area contributed by atoms with E-state index in [-0.39, 0.29) is 5.56 Å². The number of aryl methyl sites for hydroxylation is 1. The van der Waals surface area contributed by atoms with E-state index in [1.165, 1.54) is 0 Å². The molecule has 0 bridgehead atoms. The van der Waals surface area contributed by atoms with Crippen molar-refractivity contribution < 1.29 is 18.6 Å². The standard InChI is InChI=1S/C15H14F2O2/c1-9-5-13(19-2)3-4-14(9)15(18)10-6-11(16)8-12(17)7-10/h3-8,15,18H,1-2H3. The van der Waals surface area contributed by atoms with Gasteiger partial charge in [0.2, 0.25) is 0 Å². The Morgan fingerprint density at radius 1 is 1.05 bits per heavy atom. The molecule has 0 saturated heterocycles. The largest absolute Gasteiger partial charge is 0.497 e. The van der Waals surface area contributed by atoms with E-state index in [1.807, 2.05) is 0 Å². The molecule has 2 aromatic rings. The van der Waals surface area contributed by atoms with Crippen LogP contribution < -0.4 is 4.74 Å². The van der Waals surface area contributed by atoms with Crippen LogP contribution in [0.5, 0.6) is 5.75 Å². The predicted octanol–water partition coefficient (Wildman–Crippen LogP) is 3.36. The first-order valence-electron chi connectivity index (χ1n) is 5.80. The molecule has 0 aromatic heterocycles. The van der Waals surface area contributed by atoms with Gasteiger partial charge in [0, 0.05) is 6.07 Å². The number of aliphatic hydroxyl groups excluding tert-OH is 1. The third-order valence-corrected chi connectivity index (χ3v) is 2.97. The second-order valence-corrected chi connectivity index (χ2v) is 4.33. The third kappa shape index (κ3) is 2.90. The summed E-state index contributed by atoms with van der Waals surface area (Å²) in [5, 5.41) is 10.2. The van der Waals surface area contributed by atoms with E-state index < -0.39 is 17.7 Å². The van der Waals surface area contributed by atoms with Crippen LogP contribution in [0.25, 0.3) is 0 Å². The molecule has 0 aliphatic rings. The van der Waals surface area contributed by atoms with Crippen molar-refractivity contribution in [3.8, 4) is 5.75 Å². The van der Waals surface area contributed by atoms with Gasteiger partial charge in [-0.15, -0.1) is 0 Å². The van der Waals surface area contributed by atoms with Crippen LogP contribution in [0, 0.1) is 18.6 Å². The fraction of sp³-hybridized carbons (Fsp3) is 0.200. The molecule has 4 heteroatoms. The minimum atomic E-state index is -1.07. The van der Waals surface area contributed by atoms with Crippen molar-refractivity contribution in [3.63, 3.8) is 0 Å². The van der Waals surface area contributed by atoms with Crippen LogP contribution in [0.2, 0.25) is 0 Å². The van der Waals surface area contributed by atoms with Crippen molar-refractivity contribution in [1.29, 1.82) is 0 Å². The van der Waals surface area contributed by atoms with Gasteiger partial charge in [0.05, 0.1) is 7.11 Å². The highest BCUT2D eigenvalue weighted by molar-refractivity contribution is 5.40. The average molecular weight is 264 g/mol. The van der Waals surface area contributed by atoms with Gasteiger partial charge in [0.15, 0.2) is 0 Å². The Balaban J connectivity index is 2.40. The number of rotatable bonds is 3. The molecule has 2 aromatic carbocycles. The Hall–Kier alpha value is -1.94. The van der Waals surface area contributed by atoms with Crippen molar-refractivity contribution in [2.75, 3.05) is 7.11 Å². The lowest BCUT2D eigenvalue weighted by molar-refractivity contribution is 0.218. The van der Waals surface area contributed by atoms with Crippen LogP contribution in [0.4, 0.5) is 8.78 Å². The lowest BCUT2D eigenvalue weighted by atomic mass is 9.97. The van der Waals surface area contributed by atoms with Crippen LogP contribution in [-0.4, -0.2) is 12.2 Å². The van der Waals surface area contributed by atoms with Gasteiger partial charge in [-0.1, -0.05) is 6.07 Å². The van der Waals surface area contributed by atoms with E-state index in [0.717, 1.165) is 23.8 Å². The molecule has 0 fully saturated rings. The maximum Gasteiger partial charge on any atom is 0.126 e. The van der Waals surface area contributed by atoms with Crippen LogP contribution >= 0.6 is 0 Å². The smallest absolute Gasteiger partial charge is 0.126 e. The number of benzene rings is 2. The molecule has 0 heterocycles. The fourth-order valence-electron chi connectivity index (χ4n) is 1.99. The van der Waals surface area contributed by atoms with Gasteiger partial charge in [-0.25, -0.2) is 8.78 Å². The van der Waals surface area contributed by atoms with E-state index in [4.69, 9.17) is 4.74 Å². The number of halogens is 2. The molecule has 1 N–H and O–H groups in total. The predicted molar refractivity (Wildman–Crippen MR) is 68.2 cm³/mol. The SMILES string of the molecule is COc1ccc(C(O)c2cc(F)cc(F)c2)c(C)c1. The summed E-state index contributed by atoms with van der Waals surface area (Å²) in [6.45, 7) is 1.80. The molecule has 0 aliphatic carbocycles. The van der Waals surface area contributed by atoms with Crippen LogP contribution in [0.15, 0.2) is 36.4 Å². The minimum absolute atomic E-state index is 0.186. The summed E-state index contributed by atoms with van der Waals surface area (Å²) in [5.41, 5.74) is 1.56. The molecule has 0 saturated carbocycles. The summed E-state index contributed by atoms with van der Waals surface area (Å²) in [4.78, 5) is 0. The van der Waals surface area contributed by atoms with Crippen molar-refractivity contribution in [2.45, 2.75) is 13.0 Å². The summed E-state index contributed by atoms with van der Waals surface area (Å²) >= 11 is 0. The first kappa shape index (κ1) is 13.5. The first-order valence-corrected chi connectivity index (χ1v) is 5.80. The molecule has 2 rings (SSSR count). The molecule has 100 valence electrons. The first-order chi connectivity index (χ1) is 9.01. The number of methoxy groups -OCH3 is 1. The monoisotopic (exact) mass is 264 g/mol. The van der Waals surface area contributed by atoms with Crippen molar-refractivity contribution in [1.82, 2.24) is 0 Å². The highest BCUT2D eigenvalue weighted by atomic mass is 19.1. The quantitative estimate of drug-likeness (QED) is 0.921. The number of aliphatic hydroxyl groups is 1. The Kier molecular flexibility index (Phi) is 3.81. The molecule has 19 heavy (non-hydrogen) atoms. The van der Waals surface area contributed by atoms with E-state index >= 15 is 0 Å². The Labute approximate surface area is 110 Å². The highest BCUT2D eigenvalue weighted by Crippen LogP contribution is 2.28. The molecular formula is C15H14F2O2. The van der Waals surface area contributed by atoms with Gasteiger partial charge >= 0.3 is 0 Å². The number of hydrogen-bond donors (Lipinski definition) is 1. The van der Waals surface area contributed by atoms with E-state index in [1.54, 1.807) is 32.2 Å². The van der Waals surface area contributed by atoms with E-state index in [0.29, 0.717) is 11.3 Å². The van der Waals surface area contributed by atoms with Gasteiger partial charge in [0.25, 0.3) is 0 Å². The average Bonchev–Trinajstić information content (AvgIpc) is 2.36. The highest BCUT2D eigenvalue weighted by Gasteiger charge is 2.15. The Morgan fingerprint density at radius 2 is 1.68 bits per heavy atom. The van der Waals surface area contributed by atoms with E-state index in [9.17, 15) is 13.9 Å². The molecule has 0 aliphatic heterocycles. The van der Waals surface area contributed by atoms with Crippen molar-refractivity contribution >= 4 is 0 Å². The summed E-state index contributed by atoms with van der Waals surface area (Å²) in [5.74, 6) is -0.751. The van der Waals surface area contributed by atoms with Crippen LogP contribution in [-0.2, 0) is 0 Å². The lowest BCUT2D eigenvalue weighted by Gasteiger charge is -2.15. The second-order valence-electron chi connectivity index (χ2n) is 4.33. The van der Waals surface area contributed by atoms with Crippen molar-refractivity contribution in [2.24, 2.45) is 0 Å². The summed E-state index contributed by atoms with van der Waals surface area (Å²) in [6, 6.07) is 8.16. The molecule has 1 atom stereocenters.